The van der Waals surface area contributed by atoms with Crippen LogP contribution in [0.3, 0.4) is 0 Å². The average Bonchev–Trinajstić information content (AvgIpc) is 2.36. The molecule has 0 bridgehead atoms. The van der Waals surface area contributed by atoms with Gasteiger partial charge in [-0.15, -0.1) is 0 Å². The molecule has 0 amide bonds. The number of rotatable bonds is 4. The van der Waals surface area contributed by atoms with E-state index in [-0.39, 0.29) is 0 Å². The van der Waals surface area contributed by atoms with E-state index in [9.17, 15) is 13.6 Å². The quantitative estimate of drug-likeness (QED) is 0.555. The van der Waals surface area contributed by atoms with Gasteiger partial charge in [-0.3, -0.25) is 4.79 Å². The second-order valence-corrected chi connectivity index (χ2v) is 3.43. The maximum atomic E-state index is 13.6. The van der Waals surface area contributed by atoms with Gasteiger partial charge >= 0.3 is 0 Å². The summed E-state index contributed by atoms with van der Waals surface area (Å²) in [6.07, 6.45) is 4.53. The van der Waals surface area contributed by atoms with Crippen LogP contribution in [0.1, 0.15) is 36.7 Å². The van der Waals surface area contributed by atoms with Crippen molar-refractivity contribution in [1.82, 2.24) is 0 Å². The Morgan fingerprint density at radius 1 is 1.16 bits per heavy atom. The zero-order chi connectivity index (χ0) is 15.0. The third kappa shape index (κ3) is 4.28. The van der Waals surface area contributed by atoms with Crippen LogP contribution in [-0.2, 0) is 0 Å². The molecule has 0 radical (unpaired) electrons. The average molecular weight is 264 g/mol. The van der Waals surface area contributed by atoms with Crippen LogP contribution in [0.4, 0.5) is 8.78 Å². The Balaban J connectivity index is 0.00000154. The molecule has 0 fully saturated rings. The fourth-order valence-electron chi connectivity index (χ4n) is 1.49. The highest BCUT2D eigenvalue weighted by Gasteiger charge is 2.15. The van der Waals surface area contributed by atoms with E-state index in [1.165, 1.54) is 12.2 Å². The zero-order valence-electron chi connectivity index (χ0n) is 11.5. The van der Waals surface area contributed by atoms with Crippen molar-refractivity contribution in [3.63, 3.8) is 0 Å². The first-order valence-corrected chi connectivity index (χ1v) is 5.96. The Bertz CT molecular complexity index is 490. The summed E-state index contributed by atoms with van der Waals surface area (Å²) in [6, 6.07) is 2.22. The maximum Gasteiger partial charge on any atom is 0.165 e. The Labute approximate surface area is 113 Å². The highest BCUT2D eigenvalue weighted by atomic mass is 19.1. The Morgan fingerprint density at radius 3 is 1.95 bits per heavy atom. The molecule has 0 atom stereocenters. The normalized spacial score (nSPS) is 10.3. The van der Waals surface area contributed by atoms with Crippen molar-refractivity contribution in [1.29, 1.82) is 0 Å². The van der Waals surface area contributed by atoms with Gasteiger partial charge in [-0.05, 0) is 30.2 Å². The third-order valence-electron chi connectivity index (χ3n) is 2.24. The van der Waals surface area contributed by atoms with Crippen molar-refractivity contribution in [2.45, 2.75) is 20.8 Å². The Hall–Kier alpha value is -2.03. The Morgan fingerprint density at radius 2 is 1.63 bits per heavy atom. The Kier molecular flexibility index (Phi) is 7.27. The van der Waals surface area contributed by atoms with E-state index in [0.29, 0.717) is 11.1 Å². The fraction of sp³-hybridized carbons (Fsp3) is 0.188. The van der Waals surface area contributed by atoms with Gasteiger partial charge in [-0.25, -0.2) is 8.78 Å². The molecular formula is C16H18F2O. The standard InChI is InChI=1S/C14H12F2O.C2H6/c1-4-6-10(5-2)11-7-12(15)14(9(3)17)13(16)8-11;1-2/h4-8H,1-2H2,3H3;1-2H3/b10-6+;. The lowest BCUT2D eigenvalue weighted by molar-refractivity contribution is 0.101. The monoisotopic (exact) mass is 264 g/mol. The van der Waals surface area contributed by atoms with Gasteiger partial charge in [0.05, 0.1) is 5.56 Å². The van der Waals surface area contributed by atoms with E-state index in [2.05, 4.69) is 13.2 Å². The lowest BCUT2D eigenvalue weighted by atomic mass is 10.0. The van der Waals surface area contributed by atoms with Gasteiger partial charge in [0, 0.05) is 0 Å². The molecule has 19 heavy (non-hydrogen) atoms. The summed E-state index contributed by atoms with van der Waals surface area (Å²) in [4.78, 5) is 11.0. The molecule has 0 saturated carbocycles. The first-order valence-electron chi connectivity index (χ1n) is 5.96. The molecule has 0 aliphatic rings. The van der Waals surface area contributed by atoms with Gasteiger partial charge in [-0.1, -0.05) is 45.2 Å². The maximum absolute atomic E-state index is 13.6. The van der Waals surface area contributed by atoms with Crippen molar-refractivity contribution in [2.75, 3.05) is 0 Å². The summed E-state index contributed by atoms with van der Waals surface area (Å²) in [5.74, 6) is -2.38. The molecule has 0 aliphatic heterocycles. The summed E-state index contributed by atoms with van der Waals surface area (Å²) in [5, 5.41) is 0. The van der Waals surface area contributed by atoms with Gasteiger partial charge in [0.25, 0.3) is 0 Å². The smallest absolute Gasteiger partial charge is 0.165 e. The van der Waals surface area contributed by atoms with Crippen LogP contribution in [0.5, 0.6) is 0 Å². The molecule has 0 spiro atoms. The predicted molar refractivity (Wildman–Crippen MR) is 76.1 cm³/mol. The van der Waals surface area contributed by atoms with E-state index in [1.54, 1.807) is 6.08 Å². The van der Waals surface area contributed by atoms with Gasteiger partial charge < -0.3 is 0 Å². The lowest BCUT2D eigenvalue weighted by Gasteiger charge is -2.06. The van der Waals surface area contributed by atoms with E-state index in [1.807, 2.05) is 13.8 Å². The number of ketones is 1. The summed E-state index contributed by atoms with van der Waals surface area (Å²) in [7, 11) is 0. The molecule has 3 heteroatoms. The first kappa shape index (κ1) is 17.0. The third-order valence-corrected chi connectivity index (χ3v) is 2.24. The molecule has 0 unspecified atom stereocenters. The van der Waals surface area contributed by atoms with Crippen molar-refractivity contribution < 1.29 is 13.6 Å². The highest BCUT2D eigenvalue weighted by molar-refractivity contribution is 5.95. The molecule has 0 heterocycles. The topological polar surface area (TPSA) is 17.1 Å². The van der Waals surface area contributed by atoms with Crippen LogP contribution in [0.25, 0.3) is 5.57 Å². The summed E-state index contributed by atoms with van der Waals surface area (Å²) in [5.41, 5.74) is 0.337. The molecular weight excluding hydrogens is 246 g/mol. The number of halogens is 2. The molecule has 0 aliphatic carbocycles. The van der Waals surface area contributed by atoms with E-state index < -0.39 is 23.0 Å². The van der Waals surface area contributed by atoms with Crippen molar-refractivity contribution in [3.8, 4) is 0 Å². The second-order valence-electron chi connectivity index (χ2n) is 3.43. The van der Waals surface area contributed by atoms with Crippen molar-refractivity contribution in [2.24, 2.45) is 0 Å². The molecule has 102 valence electrons. The van der Waals surface area contributed by atoms with E-state index in [4.69, 9.17) is 0 Å². The van der Waals surface area contributed by atoms with Crippen LogP contribution in [-0.4, -0.2) is 5.78 Å². The van der Waals surface area contributed by atoms with Gasteiger partial charge in [-0.2, -0.15) is 0 Å². The zero-order valence-corrected chi connectivity index (χ0v) is 11.5. The van der Waals surface area contributed by atoms with E-state index in [0.717, 1.165) is 19.1 Å². The number of Topliss-reactive ketones (excluding diaryl/α,β-unsaturated/α-hetero) is 1. The van der Waals surface area contributed by atoms with Gasteiger partial charge in [0.1, 0.15) is 11.6 Å². The first-order chi connectivity index (χ1) is 9.01. The van der Waals surface area contributed by atoms with Gasteiger partial charge in [0.15, 0.2) is 5.78 Å². The molecule has 1 nitrogen and oxygen atoms in total. The van der Waals surface area contributed by atoms with Crippen LogP contribution < -0.4 is 0 Å². The number of benzene rings is 1. The number of hydrogen-bond donors (Lipinski definition) is 0. The molecule has 0 saturated heterocycles. The van der Waals surface area contributed by atoms with E-state index >= 15 is 0 Å². The van der Waals surface area contributed by atoms with Gasteiger partial charge in [0.2, 0.25) is 0 Å². The molecule has 1 aromatic carbocycles. The SMILES string of the molecule is C=C/C=C(\C=C)c1cc(F)c(C(C)=O)c(F)c1.CC. The minimum absolute atomic E-state index is 0.319. The second kappa shape index (κ2) is 8.14. The van der Waals surface area contributed by atoms with Crippen LogP contribution in [0, 0.1) is 11.6 Å². The molecule has 0 aromatic heterocycles. The summed E-state index contributed by atoms with van der Waals surface area (Å²) < 4.78 is 27.1. The van der Waals surface area contributed by atoms with Crippen LogP contribution in [0.15, 0.2) is 43.5 Å². The van der Waals surface area contributed by atoms with Crippen LogP contribution in [0.2, 0.25) is 0 Å². The number of carbonyl (C=O) groups is 1. The van der Waals surface area contributed by atoms with Crippen molar-refractivity contribution >= 4 is 11.4 Å². The fourth-order valence-corrected chi connectivity index (χ4v) is 1.49. The minimum atomic E-state index is -0.871. The summed E-state index contributed by atoms with van der Waals surface area (Å²) in [6.45, 7) is 12.2. The van der Waals surface area contributed by atoms with Crippen molar-refractivity contribution in [3.05, 3.63) is 66.3 Å². The molecule has 1 aromatic rings. The number of carbonyl (C=O) groups excluding carboxylic acids is 1. The largest absolute Gasteiger partial charge is 0.294 e. The van der Waals surface area contributed by atoms with Crippen LogP contribution >= 0.6 is 0 Å². The lowest BCUT2D eigenvalue weighted by Crippen LogP contribution is -2.02. The minimum Gasteiger partial charge on any atom is -0.294 e. The molecule has 1 rings (SSSR count). The number of allylic oxidation sites excluding steroid dienone is 4. The number of hydrogen-bond acceptors (Lipinski definition) is 1. The predicted octanol–water partition coefficient (Wildman–Crippen LogP) is 4.95. The highest BCUT2D eigenvalue weighted by Crippen LogP contribution is 2.22. The summed E-state index contributed by atoms with van der Waals surface area (Å²) >= 11 is 0. The molecule has 0 N–H and O–H groups in total.